The summed E-state index contributed by atoms with van der Waals surface area (Å²) < 4.78 is 30.3. The lowest BCUT2D eigenvalue weighted by Crippen LogP contribution is -2.23. The number of rotatable bonds is 7. The van der Waals surface area contributed by atoms with Gasteiger partial charge in [0.1, 0.15) is 11.6 Å². The Bertz CT molecular complexity index is 787. The quantitative estimate of drug-likeness (QED) is 0.794. The van der Waals surface area contributed by atoms with Crippen LogP contribution in [0, 0.1) is 0 Å². The van der Waals surface area contributed by atoms with Gasteiger partial charge in [0.25, 0.3) is 5.91 Å². The minimum Gasteiger partial charge on any atom is -0.497 e. The number of methoxy groups -OCH3 is 1. The molecule has 24 heavy (non-hydrogen) atoms. The SMILES string of the molecule is CCS(=O)(=O)Nc1ccc(C(=O)NCc2ccc(OC)cc2)cn1. The third kappa shape index (κ3) is 4.95. The van der Waals surface area contributed by atoms with Crippen molar-refractivity contribution >= 4 is 21.7 Å². The fourth-order valence-electron chi connectivity index (χ4n) is 1.85. The lowest BCUT2D eigenvalue weighted by atomic mass is 10.2. The average Bonchev–Trinajstić information content (AvgIpc) is 2.60. The van der Waals surface area contributed by atoms with Crippen molar-refractivity contribution in [2.45, 2.75) is 13.5 Å². The summed E-state index contributed by atoms with van der Waals surface area (Å²) in [6, 6.07) is 10.3. The molecule has 8 heteroatoms. The molecule has 1 aromatic carbocycles. The van der Waals surface area contributed by atoms with Crippen molar-refractivity contribution in [3.05, 3.63) is 53.7 Å². The van der Waals surface area contributed by atoms with Crippen molar-refractivity contribution in [3.63, 3.8) is 0 Å². The number of nitrogens with one attached hydrogen (secondary N) is 2. The number of aromatic nitrogens is 1. The normalized spacial score (nSPS) is 10.9. The summed E-state index contributed by atoms with van der Waals surface area (Å²) in [5.74, 6) is 0.602. The third-order valence-electron chi connectivity index (χ3n) is 3.28. The van der Waals surface area contributed by atoms with Gasteiger partial charge in [0.2, 0.25) is 10.0 Å². The summed E-state index contributed by atoms with van der Waals surface area (Å²) in [5, 5.41) is 2.77. The molecule has 7 nitrogen and oxygen atoms in total. The Kier molecular flexibility index (Phi) is 5.75. The zero-order chi connectivity index (χ0) is 17.6. The van der Waals surface area contributed by atoms with Crippen molar-refractivity contribution in [2.24, 2.45) is 0 Å². The molecule has 0 radical (unpaired) electrons. The van der Waals surface area contributed by atoms with Crippen molar-refractivity contribution in [2.75, 3.05) is 17.6 Å². The lowest BCUT2D eigenvalue weighted by Gasteiger charge is -2.08. The summed E-state index contributed by atoms with van der Waals surface area (Å²) in [6.07, 6.45) is 1.33. The standard InChI is InChI=1S/C16H19N3O4S/c1-3-24(21,22)19-15-9-6-13(11-17-15)16(20)18-10-12-4-7-14(23-2)8-5-12/h4-9,11H,3,10H2,1-2H3,(H,17,19)(H,18,20). The van der Waals surface area contributed by atoms with Gasteiger partial charge in [0.15, 0.2) is 0 Å². The van der Waals surface area contributed by atoms with E-state index < -0.39 is 10.0 Å². The highest BCUT2D eigenvalue weighted by Crippen LogP contribution is 2.11. The Morgan fingerprint density at radius 1 is 1.17 bits per heavy atom. The summed E-state index contributed by atoms with van der Waals surface area (Å²) >= 11 is 0. The van der Waals surface area contributed by atoms with Gasteiger partial charge in [-0.3, -0.25) is 9.52 Å². The Morgan fingerprint density at radius 2 is 1.88 bits per heavy atom. The number of sulfonamides is 1. The highest BCUT2D eigenvalue weighted by molar-refractivity contribution is 7.92. The number of carbonyl (C=O) groups excluding carboxylic acids is 1. The third-order valence-corrected chi connectivity index (χ3v) is 4.56. The zero-order valence-corrected chi connectivity index (χ0v) is 14.3. The van der Waals surface area contributed by atoms with Gasteiger partial charge in [0, 0.05) is 12.7 Å². The molecule has 0 spiro atoms. The zero-order valence-electron chi connectivity index (χ0n) is 13.4. The van der Waals surface area contributed by atoms with E-state index in [4.69, 9.17) is 4.74 Å². The van der Waals surface area contributed by atoms with Crippen LogP contribution in [0.15, 0.2) is 42.6 Å². The van der Waals surface area contributed by atoms with Crippen LogP contribution in [-0.4, -0.2) is 32.2 Å². The first-order chi connectivity index (χ1) is 11.4. The molecule has 0 saturated heterocycles. The number of carbonyl (C=O) groups is 1. The monoisotopic (exact) mass is 349 g/mol. The first-order valence-electron chi connectivity index (χ1n) is 7.31. The number of hydrogen-bond acceptors (Lipinski definition) is 5. The minimum atomic E-state index is -3.38. The van der Waals surface area contributed by atoms with E-state index >= 15 is 0 Å². The van der Waals surface area contributed by atoms with Gasteiger partial charge >= 0.3 is 0 Å². The van der Waals surface area contributed by atoms with Crippen molar-refractivity contribution in [3.8, 4) is 5.75 Å². The van der Waals surface area contributed by atoms with Gasteiger partial charge in [-0.2, -0.15) is 0 Å². The molecule has 0 aliphatic carbocycles. The van der Waals surface area contributed by atoms with Gasteiger partial charge in [-0.1, -0.05) is 12.1 Å². The van der Waals surface area contributed by atoms with Crippen molar-refractivity contribution in [1.82, 2.24) is 10.3 Å². The van der Waals surface area contributed by atoms with E-state index in [2.05, 4.69) is 15.0 Å². The van der Waals surface area contributed by atoms with Crippen molar-refractivity contribution < 1.29 is 17.9 Å². The lowest BCUT2D eigenvalue weighted by molar-refractivity contribution is 0.0950. The summed E-state index contributed by atoms with van der Waals surface area (Å²) in [5.41, 5.74) is 1.28. The van der Waals surface area contributed by atoms with Gasteiger partial charge < -0.3 is 10.1 Å². The molecule has 0 aliphatic heterocycles. The molecule has 2 N–H and O–H groups in total. The number of pyridine rings is 1. The average molecular weight is 349 g/mol. The molecular formula is C16H19N3O4S. The van der Waals surface area contributed by atoms with E-state index in [1.165, 1.54) is 25.3 Å². The fraction of sp³-hybridized carbons (Fsp3) is 0.250. The van der Waals surface area contributed by atoms with Gasteiger partial charge in [0.05, 0.1) is 18.4 Å². The van der Waals surface area contributed by atoms with Crippen LogP contribution in [0.5, 0.6) is 5.75 Å². The highest BCUT2D eigenvalue weighted by atomic mass is 32.2. The second kappa shape index (κ2) is 7.78. The van der Waals surface area contributed by atoms with E-state index in [1.807, 2.05) is 24.3 Å². The molecule has 2 aromatic rings. The van der Waals surface area contributed by atoms with Crippen LogP contribution in [0.25, 0.3) is 0 Å². The molecule has 2 rings (SSSR count). The molecule has 1 amide bonds. The topological polar surface area (TPSA) is 97.4 Å². The number of ether oxygens (including phenoxy) is 1. The maximum Gasteiger partial charge on any atom is 0.253 e. The first-order valence-corrected chi connectivity index (χ1v) is 8.96. The van der Waals surface area contributed by atoms with E-state index in [0.717, 1.165) is 11.3 Å². The van der Waals surface area contributed by atoms with Gasteiger partial charge in [-0.05, 0) is 36.8 Å². The molecule has 0 atom stereocenters. The van der Waals surface area contributed by atoms with Crippen LogP contribution in [0.4, 0.5) is 5.82 Å². The van der Waals surface area contributed by atoms with E-state index in [-0.39, 0.29) is 17.5 Å². The number of hydrogen-bond donors (Lipinski definition) is 2. The van der Waals surface area contributed by atoms with E-state index in [9.17, 15) is 13.2 Å². The number of benzene rings is 1. The van der Waals surface area contributed by atoms with Crippen LogP contribution < -0.4 is 14.8 Å². The Balaban J connectivity index is 1.94. The molecule has 128 valence electrons. The Labute approximate surface area is 141 Å². The van der Waals surface area contributed by atoms with Crippen LogP contribution in [-0.2, 0) is 16.6 Å². The van der Waals surface area contributed by atoms with Crippen LogP contribution in [0.3, 0.4) is 0 Å². The Morgan fingerprint density at radius 3 is 2.42 bits per heavy atom. The second-order valence-electron chi connectivity index (χ2n) is 4.97. The molecule has 0 unspecified atom stereocenters. The number of amides is 1. The van der Waals surface area contributed by atoms with Gasteiger partial charge in [-0.25, -0.2) is 13.4 Å². The molecular weight excluding hydrogens is 330 g/mol. The van der Waals surface area contributed by atoms with Crippen LogP contribution >= 0.6 is 0 Å². The molecule has 1 heterocycles. The van der Waals surface area contributed by atoms with E-state index in [1.54, 1.807) is 7.11 Å². The molecule has 0 bridgehead atoms. The molecule has 0 aliphatic rings. The predicted octanol–water partition coefficient (Wildman–Crippen LogP) is 1.78. The number of nitrogens with zero attached hydrogens (tertiary/aromatic N) is 1. The van der Waals surface area contributed by atoms with Gasteiger partial charge in [-0.15, -0.1) is 0 Å². The molecule has 1 aromatic heterocycles. The van der Waals surface area contributed by atoms with Crippen LogP contribution in [0.2, 0.25) is 0 Å². The Hall–Kier alpha value is -2.61. The minimum absolute atomic E-state index is 0.0429. The first kappa shape index (κ1) is 17.7. The molecule has 0 fully saturated rings. The van der Waals surface area contributed by atoms with Crippen LogP contribution in [0.1, 0.15) is 22.8 Å². The van der Waals surface area contributed by atoms with E-state index in [0.29, 0.717) is 12.1 Å². The summed E-state index contributed by atoms with van der Waals surface area (Å²) in [7, 11) is -1.79. The number of anilines is 1. The smallest absolute Gasteiger partial charge is 0.253 e. The largest absolute Gasteiger partial charge is 0.497 e. The molecule has 0 saturated carbocycles. The second-order valence-corrected chi connectivity index (χ2v) is 6.98. The maximum atomic E-state index is 12.1. The predicted molar refractivity (Wildman–Crippen MR) is 91.5 cm³/mol. The highest BCUT2D eigenvalue weighted by Gasteiger charge is 2.10. The fourth-order valence-corrected chi connectivity index (χ4v) is 2.43. The maximum absolute atomic E-state index is 12.1. The summed E-state index contributed by atoms with van der Waals surface area (Å²) in [6.45, 7) is 1.90. The van der Waals surface area contributed by atoms with Crippen molar-refractivity contribution in [1.29, 1.82) is 0 Å². The summed E-state index contributed by atoms with van der Waals surface area (Å²) in [4.78, 5) is 16.0.